The van der Waals surface area contributed by atoms with Gasteiger partial charge in [-0.25, -0.2) is 0 Å². The molecular formula is C14H16N2O6S2. The van der Waals surface area contributed by atoms with Crippen molar-refractivity contribution in [2.24, 2.45) is 0 Å². The van der Waals surface area contributed by atoms with Crippen LogP contribution < -0.4 is 12.3 Å². The molecule has 0 aliphatic rings. The van der Waals surface area contributed by atoms with Crippen LogP contribution >= 0.6 is 0 Å². The Balaban J connectivity index is 0.00000144. The summed E-state index contributed by atoms with van der Waals surface area (Å²) < 4.78 is 64.6. The third kappa shape index (κ3) is 3.38. The Kier molecular flexibility index (Phi) is 5.35. The molecule has 0 bridgehead atoms. The fourth-order valence-electron chi connectivity index (χ4n) is 2.44. The third-order valence-electron chi connectivity index (χ3n) is 3.34. The van der Waals surface area contributed by atoms with Crippen LogP contribution in [0.4, 0.5) is 0 Å². The highest BCUT2D eigenvalue weighted by Crippen LogP contribution is 2.32. The molecule has 0 aromatic heterocycles. The van der Waals surface area contributed by atoms with E-state index in [9.17, 15) is 25.9 Å². The fraction of sp³-hybridized carbons (Fsp3) is 0. The quantitative estimate of drug-likeness (QED) is 0.391. The molecule has 0 aliphatic heterocycles. The molecule has 0 aliphatic carbocycles. The first-order chi connectivity index (χ1) is 10.2. The minimum absolute atomic E-state index is 0. The van der Waals surface area contributed by atoms with Crippen molar-refractivity contribution < 1.29 is 25.9 Å². The Morgan fingerprint density at radius 1 is 0.667 bits per heavy atom. The van der Waals surface area contributed by atoms with Crippen molar-refractivity contribution in [3.8, 4) is 0 Å². The summed E-state index contributed by atoms with van der Waals surface area (Å²) in [5.41, 5.74) is 0. The first-order valence-electron chi connectivity index (χ1n) is 6.08. The Labute approximate surface area is 138 Å². The van der Waals surface area contributed by atoms with Crippen LogP contribution in [0.5, 0.6) is 0 Å². The van der Waals surface area contributed by atoms with E-state index in [4.69, 9.17) is 0 Å². The molecule has 130 valence electrons. The molecular weight excluding hydrogens is 356 g/mol. The lowest BCUT2D eigenvalue weighted by atomic mass is 10.0. The number of hydrogen-bond acceptors (Lipinski definition) is 6. The number of benzene rings is 3. The van der Waals surface area contributed by atoms with Gasteiger partial charge in [0.25, 0.3) is 20.2 Å². The van der Waals surface area contributed by atoms with Gasteiger partial charge in [-0.15, -0.1) is 0 Å². The molecule has 0 atom stereocenters. The smallest absolute Gasteiger partial charge is 0.296 e. The monoisotopic (exact) mass is 372 g/mol. The highest BCUT2D eigenvalue weighted by Gasteiger charge is 2.26. The van der Waals surface area contributed by atoms with Gasteiger partial charge >= 0.3 is 0 Å². The Bertz CT molecular complexity index is 1120. The van der Waals surface area contributed by atoms with Crippen molar-refractivity contribution in [2.45, 2.75) is 9.79 Å². The molecule has 0 saturated carbocycles. The van der Waals surface area contributed by atoms with Gasteiger partial charge in [0.2, 0.25) is 0 Å². The molecule has 24 heavy (non-hydrogen) atoms. The average molecular weight is 372 g/mol. The zero-order valence-electron chi connectivity index (χ0n) is 12.4. The van der Waals surface area contributed by atoms with Gasteiger partial charge in [0.15, 0.2) is 0 Å². The lowest BCUT2D eigenvalue weighted by molar-refractivity contribution is 0.468. The molecule has 10 heteroatoms. The molecule has 0 unspecified atom stereocenters. The zero-order valence-corrected chi connectivity index (χ0v) is 14.0. The summed E-state index contributed by atoms with van der Waals surface area (Å²) in [6, 6.07) is 12.6. The van der Waals surface area contributed by atoms with E-state index < -0.39 is 30.0 Å². The summed E-state index contributed by atoms with van der Waals surface area (Å²) in [5.74, 6) is 0. The predicted molar refractivity (Wildman–Crippen MR) is 91.1 cm³/mol. The number of hydrogen-bond donors (Lipinski definition) is 4. The topological polar surface area (TPSA) is 179 Å². The van der Waals surface area contributed by atoms with Crippen molar-refractivity contribution in [1.82, 2.24) is 12.3 Å². The summed E-state index contributed by atoms with van der Waals surface area (Å²) in [6.45, 7) is 0. The molecule has 8 N–H and O–H groups in total. The van der Waals surface area contributed by atoms with Crippen LogP contribution in [0, 0.1) is 0 Å². The van der Waals surface area contributed by atoms with Crippen LogP contribution in [-0.2, 0) is 20.2 Å². The van der Waals surface area contributed by atoms with E-state index in [1.807, 2.05) is 12.1 Å². The molecule has 8 nitrogen and oxygen atoms in total. The first kappa shape index (κ1) is 20.0. The molecule has 0 saturated heterocycles. The molecule has 3 aromatic carbocycles. The summed E-state index contributed by atoms with van der Waals surface area (Å²) >= 11 is 0. The third-order valence-corrected chi connectivity index (χ3v) is 5.32. The van der Waals surface area contributed by atoms with E-state index in [1.165, 1.54) is 12.1 Å². The Morgan fingerprint density at radius 3 is 1.71 bits per heavy atom. The summed E-state index contributed by atoms with van der Waals surface area (Å²) in [7, 11) is -9.65. The van der Waals surface area contributed by atoms with Crippen molar-refractivity contribution in [2.75, 3.05) is 0 Å². The number of rotatable bonds is 2. The SMILES string of the molecule is N.N.O=S(=O)(O)c1ccc2cc3ccccc3cc2c1S(=O)(=O)O. The van der Waals surface area contributed by atoms with E-state index >= 15 is 0 Å². The molecule has 0 heterocycles. The minimum Gasteiger partial charge on any atom is -0.344 e. The molecule has 0 fully saturated rings. The minimum atomic E-state index is -4.85. The van der Waals surface area contributed by atoms with E-state index in [-0.39, 0.29) is 17.7 Å². The second-order valence-corrected chi connectivity index (χ2v) is 7.51. The summed E-state index contributed by atoms with van der Waals surface area (Å²) in [4.78, 5) is -1.67. The molecule has 0 amide bonds. The molecule has 0 spiro atoms. The first-order valence-corrected chi connectivity index (χ1v) is 8.96. The van der Waals surface area contributed by atoms with Gasteiger partial charge in [-0.05, 0) is 34.4 Å². The summed E-state index contributed by atoms with van der Waals surface area (Å²) in [5, 5.41) is 1.96. The van der Waals surface area contributed by atoms with Crippen molar-refractivity contribution in [1.29, 1.82) is 0 Å². The maximum absolute atomic E-state index is 11.6. The van der Waals surface area contributed by atoms with Gasteiger partial charge in [0, 0.05) is 5.39 Å². The van der Waals surface area contributed by atoms with Gasteiger partial charge in [0.05, 0.1) is 0 Å². The highest BCUT2D eigenvalue weighted by atomic mass is 32.2. The van der Waals surface area contributed by atoms with Gasteiger partial charge in [0.1, 0.15) is 9.79 Å². The van der Waals surface area contributed by atoms with Crippen molar-refractivity contribution >= 4 is 41.8 Å². The summed E-state index contributed by atoms with van der Waals surface area (Å²) in [6.07, 6.45) is 0. The number of fused-ring (bicyclic) bond motifs is 2. The lowest BCUT2D eigenvalue weighted by Gasteiger charge is -2.10. The van der Waals surface area contributed by atoms with Crippen LogP contribution in [-0.4, -0.2) is 25.9 Å². The van der Waals surface area contributed by atoms with Gasteiger partial charge in [-0.1, -0.05) is 30.3 Å². The maximum Gasteiger partial charge on any atom is 0.296 e. The second-order valence-electron chi connectivity index (χ2n) is 4.76. The molecule has 3 rings (SSSR count). The average Bonchev–Trinajstić information content (AvgIpc) is 2.41. The van der Waals surface area contributed by atoms with Crippen molar-refractivity contribution in [3.63, 3.8) is 0 Å². The molecule has 0 radical (unpaired) electrons. The van der Waals surface area contributed by atoms with Crippen LogP contribution in [0.15, 0.2) is 58.3 Å². The van der Waals surface area contributed by atoms with Gasteiger partial charge < -0.3 is 12.3 Å². The second kappa shape index (κ2) is 6.43. The Hall–Kier alpha value is -2.08. The maximum atomic E-state index is 11.6. The van der Waals surface area contributed by atoms with Crippen LogP contribution in [0.2, 0.25) is 0 Å². The van der Waals surface area contributed by atoms with Crippen LogP contribution in [0.3, 0.4) is 0 Å². The van der Waals surface area contributed by atoms with E-state index in [1.54, 1.807) is 18.2 Å². The highest BCUT2D eigenvalue weighted by molar-refractivity contribution is 7.89. The van der Waals surface area contributed by atoms with Crippen LogP contribution in [0.25, 0.3) is 21.5 Å². The Morgan fingerprint density at radius 2 is 1.21 bits per heavy atom. The predicted octanol–water partition coefficient (Wildman–Crippen LogP) is 2.81. The van der Waals surface area contributed by atoms with E-state index in [2.05, 4.69) is 0 Å². The largest absolute Gasteiger partial charge is 0.344 e. The molecule has 3 aromatic rings. The zero-order chi connectivity index (χ0) is 16.1. The fourth-order valence-corrected chi connectivity index (χ4v) is 4.43. The standard InChI is InChI=1S/C14H10O6S2.2H3N/c15-21(16,17)13-6-5-11-7-9-3-1-2-4-10(9)8-12(11)14(13)22(18,19)20;;/h1-8H,(H,15,16,17)(H,18,19,20);2*1H3. The normalized spacial score (nSPS) is 11.8. The van der Waals surface area contributed by atoms with E-state index in [0.29, 0.717) is 10.8 Å². The van der Waals surface area contributed by atoms with Gasteiger partial charge in [-0.3, -0.25) is 9.11 Å². The van der Waals surface area contributed by atoms with Crippen LogP contribution in [0.1, 0.15) is 0 Å². The lowest BCUT2D eigenvalue weighted by Crippen LogP contribution is -2.09. The van der Waals surface area contributed by atoms with Crippen molar-refractivity contribution in [3.05, 3.63) is 48.5 Å². The van der Waals surface area contributed by atoms with E-state index in [0.717, 1.165) is 11.5 Å². The van der Waals surface area contributed by atoms with Gasteiger partial charge in [-0.2, -0.15) is 16.8 Å².